The number of amidine groups is 1. The first-order valence-corrected chi connectivity index (χ1v) is 6.10. The lowest BCUT2D eigenvalue weighted by atomic mass is 10.1. The van der Waals surface area contributed by atoms with Crippen LogP contribution in [0.15, 0.2) is 36.4 Å². The van der Waals surface area contributed by atoms with Crippen molar-refractivity contribution in [1.82, 2.24) is 0 Å². The van der Waals surface area contributed by atoms with Gasteiger partial charge in [-0.2, -0.15) is 0 Å². The van der Waals surface area contributed by atoms with Crippen molar-refractivity contribution < 1.29 is 18.3 Å². The van der Waals surface area contributed by atoms with E-state index in [0.29, 0.717) is 16.9 Å². The summed E-state index contributed by atoms with van der Waals surface area (Å²) in [4.78, 5) is 0. The van der Waals surface area contributed by atoms with E-state index in [1.807, 2.05) is 0 Å². The maximum absolute atomic E-state index is 13.4. The van der Waals surface area contributed by atoms with E-state index < -0.39 is 11.6 Å². The Labute approximate surface area is 120 Å². The van der Waals surface area contributed by atoms with Gasteiger partial charge in [0.05, 0.1) is 12.7 Å². The Kier molecular flexibility index (Phi) is 4.37. The van der Waals surface area contributed by atoms with Crippen LogP contribution in [0.4, 0.5) is 8.78 Å². The van der Waals surface area contributed by atoms with Crippen LogP contribution < -0.4 is 15.2 Å². The molecule has 0 aliphatic carbocycles. The monoisotopic (exact) mass is 292 g/mol. The Morgan fingerprint density at radius 2 is 1.90 bits per heavy atom. The number of nitrogens with two attached hydrogens (primary N) is 1. The number of hydrogen-bond acceptors (Lipinski definition) is 3. The predicted molar refractivity (Wildman–Crippen MR) is 74.7 cm³/mol. The first-order chi connectivity index (χ1) is 10.0. The van der Waals surface area contributed by atoms with Crippen molar-refractivity contribution >= 4 is 5.84 Å². The van der Waals surface area contributed by atoms with Gasteiger partial charge in [0.1, 0.15) is 24.0 Å². The van der Waals surface area contributed by atoms with Gasteiger partial charge in [-0.15, -0.1) is 0 Å². The largest absolute Gasteiger partial charge is 0.496 e. The van der Waals surface area contributed by atoms with Gasteiger partial charge in [0.2, 0.25) is 0 Å². The Balaban J connectivity index is 2.15. The van der Waals surface area contributed by atoms with Crippen LogP contribution in [-0.2, 0) is 6.61 Å². The lowest BCUT2D eigenvalue weighted by Crippen LogP contribution is -2.12. The highest BCUT2D eigenvalue weighted by molar-refractivity contribution is 5.97. The molecule has 6 heteroatoms. The molecular formula is C15H14F2N2O2. The molecule has 0 saturated carbocycles. The number of methoxy groups -OCH3 is 1. The molecule has 0 heterocycles. The molecule has 0 fully saturated rings. The second-order valence-corrected chi connectivity index (χ2v) is 4.31. The molecule has 3 N–H and O–H groups in total. The van der Waals surface area contributed by atoms with Gasteiger partial charge in [-0.05, 0) is 29.8 Å². The summed E-state index contributed by atoms with van der Waals surface area (Å²) in [5.74, 6) is -1.13. The predicted octanol–water partition coefficient (Wildman–Crippen LogP) is 2.84. The van der Waals surface area contributed by atoms with Crippen LogP contribution in [0.3, 0.4) is 0 Å². The molecule has 110 valence electrons. The normalized spacial score (nSPS) is 10.2. The van der Waals surface area contributed by atoms with Gasteiger partial charge in [0.15, 0.2) is 11.6 Å². The van der Waals surface area contributed by atoms with Gasteiger partial charge >= 0.3 is 0 Å². The number of hydrogen-bond donors (Lipinski definition) is 2. The first kappa shape index (κ1) is 14.8. The standard InChI is InChI=1S/C15H14F2N2O2/c1-20-14-6-9(2-4-11(14)15(18)19)8-21-13-5-3-10(16)7-12(13)17/h2-7H,8H2,1H3,(H3,18,19). The third kappa shape index (κ3) is 3.47. The van der Waals surface area contributed by atoms with Crippen molar-refractivity contribution in [2.45, 2.75) is 6.61 Å². The van der Waals surface area contributed by atoms with Crippen LogP contribution in [0.25, 0.3) is 0 Å². The average molecular weight is 292 g/mol. The van der Waals surface area contributed by atoms with E-state index in [4.69, 9.17) is 20.6 Å². The minimum atomic E-state index is -0.762. The zero-order valence-corrected chi connectivity index (χ0v) is 11.3. The summed E-state index contributed by atoms with van der Waals surface area (Å²) in [6.45, 7) is 0.0805. The van der Waals surface area contributed by atoms with Gasteiger partial charge in [-0.25, -0.2) is 8.78 Å². The summed E-state index contributed by atoms with van der Waals surface area (Å²) in [5.41, 5.74) is 6.60. The molecule has 0 unspecified atom stereocenters. The van der Waals surface area contributed by atoms with E-state index >= 15 is 0 Å². The fourth-order valence-corrected chi connectivity index (χ4v) is 1.80. The summed E-state index contributed by atoms with van der Waals surface area (Å²) >= 11 is 0. The summed E-state index contributed by atoms with van der Waals surface area (Å²) in [6.07, 6.45) is 0. The smallest absolute Gasteiger partial charge is 0.167 e. The van der Waals surface area contributed by atoms with Crippen molar-refractivity contribution in [2.24, 2.45) is 5.73 Å². The summed E-state index contributed by atoms with van der Waals surface area (Å²) in [7, 11) is 1.46. The zero-order chi connectivity index (χ0) is 15.4. The number of nitrogen functional groups attached to an aromatic ring is 1. The maximum Gasteiger partial charge on any atom is 0.167 e. The van der Waals surface area contributed by atoms with Crippen LogP contribution in [0.5, 0.6) is 11.5 Å². The molecule has 0 bridgehead atoms. The van der Waals surface area contributed by atoms with Gasteiger partial charge in [0.25, 0.3) is 0 Å². The molecule has 2 aromatic rings. The molecule has 0 saturated heterocycles. The van der Waals surface area contributed by atoms with E-state index in [2.05, 4.69) is 0 Å². The van der Waals surface area contributed by atoms with Crippen LogP contribution in [-0.4, -0.2) is 12.9 Å². The van der Waals surface area contributed by atoms with E-state index in [1.165, 1.54) is 13.2 Å². The molecule has 0 aromatic heterocycles. The third-order valence-corrected chi connectivity index (χ3v) is 2.84. The van der Waals surface area contributed by atoms with Gasteiger partial charge in [-0.3, -0.25) is 5.41 Å². The average Bonchev–Trinajstić information content (AvgIpc) is 2.45. The van der Waals surface area contributed by atoms with Gasteiger partial charge < -0.3 is 15.2 Å². The minimum Gasteiger partial charge on any atom is -0.496 e. The highest BCUT2D eigenvalue weighted by Crippen LogP contribution is 2.22. The molecule has 0 spiro atoms. The maximum atomic E-state index is 13.4. The Morgan fingerprint density at radius 3 is 2.52 bits per heavy atom. The number of nitrogens with one attached hydrogen (secondary N) is 1. The molecule has 21 heavy (non-hydrogen) atoms. The van der Waals surface area contributed by atoms with Gasteiger partial charge in [-0.1, -0.05) is 6.07 Å². The Morgan fingerprint density at radius 1 is 1.14 bits per heavy atom. The molecular weight excluding hydrogens is 278 g/mol. The van der Waals surface area contributed by atoms with Crippen molar-refractivity contribution in [2.75, 3.05) is 7.11 Å². The molecule has 0 aliphatic heterocycles. The number of benzene rings is 2. The lowest BCUT2D eigenvalue weighted by molar-refractivity contribution is 0.288. The summed E-state index contributed by atoms with van der Waals surface area (Å²) < 4.78 is 36.7. The third-order valence-electron chi connectivity index (χ3n) is 2.84. The molecule has 2 aromatic carbocycles. The van der Waals surface area contributed by atoms with Crippen LogP contribution in [0, 0.1) is 17.0 Å². The number of halogens is 2. The quantitative estimate of drug-likeness (QED) is 0.657. The first-order valence-electron chi connectivity index (χ1n) is 6.10. The van der Waals surface area contributed by atoms with E-state index in [9.17, 15) is 8.78 Å². The van der Waals surface area contributed by atoms with Crippen LogP contribution in [0.1, 0.15) is 11.1 Å². The second kappa shape index (κ2) is 6.21. The highest BCUT2D eigenvalue weighted by atomic mass is 19.1. The molecule has 0 radical (unpaired) electrons. The number of ether oxygens (including phenoxy) is 2. The van der Waals surface area contributed by atoms with Gasteiger partial charge in [0, 0.05) is 6.07 Å². The summed E-state index contributed by atoms with van der Waals surface area (Å²) in [6, 6.07) is 8.08. The molecule has 0 amide bonds. The van der Waals surface area contributed by atoms with E-state index in [1.54, 1.807) is 18.2 Å². The fraction of sp³-hybridized carbons (Fsp3) is 0.133. The van der Waals surface area contributed by atoms with Crippen molar-refractivity contribution in [1.29, 1.82) is 5.41 Å². The van der Waals surface area contributed by atoms with Crippen molar-refractivity contribution in [3.8, 4) is 11.5 Å². The Bertz CT molecular complexity index is 675. The topological polar surface area (TPSA) is 68.3 Å². The van der Waals surface area contributed by atoms with Crippen LogP contribution >= 0.6 is 0 Å². The SMILES string of the molecule is COc1cc(COc2ccc(F)cc2F)ccc1C(=N)N. The van der Waals surface area contributed by atoms with E-state index in [-0.39, 0.29) is 18.2 Å². The second-order valence-electron chi connectivity index (χ2n) is 4.31. The van der Waals surface area contributed by atoms with Crippen LogP contribution in [0.2, 0.25) is 0 Å². The molecule has 0 atom stereocenters. The van der Waals surface area contributed by atoms with Crippen molar-refractivity contribution in [3.05, 3.63) is 59.2 Å². The zero-order valence-electron chi connectivity index (χ0n) is 11.3. The molecule has 2 rings (SSSR count). The molecule has 0 aliphatic rings. The fourth-order valence-electron chi connectivity index (χ4n) is 1.80. The summed E-state index contributed by atoms with van der Waals surface area (Å²) in [5, 5.41) is 7.42. The van der Waals surface area contributed by atoms with Crippen molar-refractivity contribution in [3.63, 3.8) is 0 Å². The minimum absolute atomic E-state index is 0.0361. The Hall–Kier alpha value is -2.63. The highest BCUT2D eigenvalue weighted by Gasteiger charge is 2.09. The lowest BCUT2D eigenvalue weighted by Gasteiger charge is -2.11. The molecule has 4 nitrogen and oxygen atoms in total. The number of rotatable bonds is 5. The van der Waals surface area contributed by atoms with E-state index in [0.717, 1.165) is 12.1 Å².